The van der Waals surface area contributed by atoms with E-state index in [1.807, 2.05) is 61.2 Å². The summed E-state index contributed by atoms with van der Waals surface area (Å²) in [5.41, 5.74) is -0.628. The van der Waals surface area contributed by atoms with Crippen LogP contribution in [0.3, 0.4) is 0 Å². The Morgan fingerprint density at radius 1 is 1.02 bits per heavy atom. The van der Waals surface area contributed by atoms with Crippen LogP contribution in [0.25, 0.3) is 0 Å². The molecule has 0 unspecified atom stereocenters. The van der Waals surface area contributed by atoms with Gasteiger partial charge in [0.25, 0.3) is 0 Å². The molecule has 1 aromatic rings. The van der Waals surface area contributed by atoms with Gasteiger partial charge in [0.05, 0.1) is 36.6 Å². The number of allylic oxidation sites excluding steroid dienone is 1. The van der Waals surface area contributed by atoms with Gasteiger partial charge in [0, 0.05) is 19.0 Å². The lowest BCUT2D eigenvalue weighted by molar-refractivity contribution is -0.153. The van der Waals surface area contributed by atoms with Gasteiger partial charge in [-0.1, -0.05) is 87.7 Å². The Labute approximate surface area is 271 Å². The predicted octanol–water partition coefficient (Wildman–Crippen LogP) is 3.46. The molecule has 1 aliphatic carbocycles. The minimum absolute atomic E-state index is 0.0508. The topological polar surface area (TPSA) is 125 Å². The first-order valence-electron chi connectivity index (χ1n) is 17.0. The molecule has 2 N–H and O–H groups in total. The molecule has 0 aromatic heterocycles. The number of hydrogen-bond donors (Lipinski definition) is 2. The van der Waals surface area contributed by atoms with Crippen LogP contribution >= 0.6 is 0 Å². The zero-order chi connectivity index (χ0) is 32.4. The number of nitrogens with one attached hydrogen (secondary N) is 1. The van der Waals surface area contributed by atoms with Crippen LogP contribution in [0.5, 0.6) is 0 Å². The molecule has 3 amide bonds. The zero-order valence-corrected chi connectivity index (χ0v) is 26.9. The predicted molar refractivity (Wildman–Crippen MR) is 170 cm³/mol. The van der Waals surface area contributed by atoms with E-state index in [-0.39, 0.29) is 49.4 Å². The SMILES string of the molecule is CC(C)C[C@H](CO)N1C(=O)[C@@H]2[C@H]3C(=O)N[C@H](c4ccccc4)COC(=O)CC/C=C\[C@H]3O[C@@]23C=CCN(C2CCCCC2)C(=O)[C@@H]13. The minimum atomic E-state index is -1.40. The number of hydrogen-bond acceptors (Lipinski definition) is 7. The van der Waals surface area contributed by atoms with Crippen LogP contribution in [-0.4, -0.2) is 88.2 Å². The van der Waals surface area contributed by atoms with E-state index in [0.717, 1.165) is 37.7 Å². The number of cyclic esters (lactones) is 1. The first kappa shape index (κ1) is 32.4. The molecule has 1 aromatic carbocycles. The Hall–Kier alpha value is -3.50. The number of nitrogens with zero attached hydrogens (tertiary/aromatic N) is 2. The Morgan fingerprint density at radius 3 is 2.50 bits per heavy atom. The van der Waals surface area contributed by atoms with Crippen LogP contribution in [0, 0.1) is 17.8 Å². The van der Waals surface area contributed by atoms with Crippen molar-refractivity contribution in [3.63, 3.8) is 0 Å². The van der Waals surface area contributed by atoms with Crippen molar-refractivity contribution in [2.45, 2.75) is 101 Å². The monoisotopic (exact) mass is 633 g/mol. The molecule has 0 bridgehead atoms. The third-order valence-electron chi connectivity index (χ3n) is 10.4. The second-order valence-electron chi connectivity index (χ2n) is 13.9. The van der Waals surface area contributed by atoms with E-state index in [1.165, 1.54) is 0 Å². The highest BCUT2D eigenvalue weighted by Gasteiger charge is 2.72. The quantitative estimate of drug-likeness (QED) is 0.363. The van der Waals surface area contributed by atoms with Gasteiger partial charge < -0.3 is 29.7 Å². The standard InChI is InChI=1S/C36H47N3O7/c1-23(2)20-26(21-40)39-32-35(44)38(25-14-7-4-8-15-25)19-11-18-36(32)31(34(39)43)30-28(46-36)16-9-10-17-29(41)45-22-27(37-33(30)42)24-12-5-3-6-13-24/h3,5-6,9,11-13,16,18,23,25-28,30-32,40H,4,7-8,10,14-15,17,19-22H2,1-2H3,(H,37,42)/b16-9-/t26-,27+,28-,30+,31+,32-,36+/m1/s1. The second-order valence-corrected chi connectivity index (χ2v) is 13.9. The Bertz CT molecular complexity index is 1360. The normalized spacial score (nSPS) is 33.7. The fourth-order valence-electron chi connectivity index (χ4n) is 8.33. The van der Waals surface area contributed by atoms with E-state index in [1.54, 1.807) is 17.1 Å². The van der Waals surface area contributed by atoms with Crippen LogP contribution in [0.2, 0.25) is 0 Å². The number of esters is 1. The molecule has 6 rings (SSSR count). The van der Waals surface area contributed by atoms with Gasteiger partial charge in [-0.15, -0.1) is 0 Å². The highest BCUT2D eigenvalue weighted by atomic mass is 16.5. The Kier molecular flexibility index (Phi) is 9.66. The van der Waals surface area contributed by atoms with Crippen molar-refractivity contribution in [2.75, 3.05) is 19.8 Å². The van der Waals surface area contributed by atoms with Crippen molar-refractivity contribution in [1.82, 2.24) is 15.1 Å². The van der Waals surface area contributed by atoms with Gasteiger partial charge in [-0.3, -0.25) is 19.2 Å². The maximum Gasteiger partial charge on any atom is 0.306 e. The first-order valence-corrected chi connectivity index (χ1v) is 17.0. The summed E-state index contributed by atoms with van der Waals surface area (Å²) >= 11 is 0. The molecule has 7 atom stereocenters. The largest absolute Gasteiger partial charge is 0.463 e. The van der Waals surface area contributed by atoms with Crippen molar-refractivity contribution in [1.29, 1.82) is 0 Å². The molecule has 3 fully saturated rings. The number of benzene rings is 1. The molecule has 10 heteroatoms. The Balaban J connectivity index is 1.43. The van der Waals surface area contributed by atoms with Crippen molar-refractivity contribution < 1.29 is 33.8 Å². The van der Waals surface area contributed by atoms with Gasteiger partial charge in [0.2, 0.25) is 17.7 Å². The number of fused-ring (bicyclic) bond motifs is 2. The molecular formula is C36H47N3O7. The molecule has 248 valence electrons. The van der Waals surface area contributed by atoms with E-state index >= 15 is 0 Å². The smallest absolute Gasteiger partial charge is 0.306 e. The molecule has 0 radical (unpaired) electrons. The molecule has 5 aliphatic rings. The number of aliphatic hydroxyl groups excluding tert-OH is 1. The summed E-state index contributed by atoms with van der Waals surface area (Å²) in [5, 5.41) is 13.7. The fraction of sp³-hybridized carbons (Fsp3) is 0.611. The molecule has 4 aliphatic heterocycles. The van der Waals surface area contributed by atoms with Gasteiger partial charge in [-0.25, -0.2) is 0 Å². The molecule has 46 heavy (non-hydrogen) atoms. The lowest BCUT2D eigenvalue weighted by Gasteiger charge is -2.41. The second kappa shape index (κ2) is 13.7. The molecule has 2 saturated heterocycles. The number of likely N-dealkylation sites (tertiary alicyclic amines) is 1. The number of ether oxygens (including phenoxy) is 2. The molecule has 4 heterocycles. The molecule has 1 saturated carbocycles. The number of carbonyl (C=O) groups excluding carboxylic acids is 4. The maximum absolute atomic E-state index is 14.8. The van der Waals surface area contributed by atoms with Gasteiger partial charge in [0.1, 0.15) is 18.2 Å². The van der Waals surface area contributed by atoms with Crippen LogP contribution in [0.4, 0.5) is 0 Å². The summed E-state index contributed by atoms with van der Waals surface area (Å²) in [6.45, 7) is 4.10. The molecular weight excluding hydrogens is 586 g/mol. The number of amides is 3. The summed E-state index contributed by atoms with van der Waals surface area (Å²) in [7, 11) is 0. The first-order chi connectivity index (χ1) is 22.2. The fourth-order valence-corrected chi connectivity index (χ4v) is 8.33. The van der Waals surface area contributed by atoms with Crippen molar-refractivity contribution >= 4 is 23.7 Å². The third kappa shape index (κ3) is 6.01. The van der Waals surface area contributed by atoms with E-state index in [9.17, 15) is 24.3 Å². The minimum Gasteiger partial charge on any atom is -0.463 e. The number of carbonyl (C=O) groups is 4. The average molecular weight is 634 g/mol. The van der Waals surface area contributed by atoms with Crippen LogP contribution in [0.1, 0.15) is 76.8 Å². The van der Waals surface area contributed by atoms with Crippen LogP contribution in [-0.2, 0) is 28.7 Å². The van der Waals surface area contributed by atoms with Crippen LogP contribution in [0.15, 0.2) is 54.6 Å². The van der Waals surface area contributed by atoms with E-state index < -0.39 is 47.6 Å². The van der Waals surface area contributed by atoms with Gasteiger partial charge in [0.15, 0.2) is 0 Å². The lowest BCUT2D eigenvalue weighted by atomic mass is 9.77. The van der Waals surface area contributed by atoms with Crippen molar-refractivity contribution in [3.05, 3.63) is 60.2 Å². The molecule has 1 spiro atoms. The summed E-state index contributed by atoms with van der Waals surface area (Å²) in [5.74, 6) is -3.09. The summed E-state index contributed by atoms with van der Waals surface area (Å²) in [6.07, 6.45) is 12.6. The lowest BCUT2D eigenvalue weighted by Crippen LogP contribution is -2.59. The summed E-state index contributed by atoms with van der Waals surface area (Å²) in [4.78, 5) is 60.0. The summed E-state index contributed by atoms with van der Waals surface area (Å²) in [6, 6.07) is 7.10. The maximum atomic E-state index is 14.8. The van der Waals surface area contributed by atoms with E-state index in [4.69, 9.17) is 9.47 Å². The Morgan fingerprint density at radius 2 is 1.78 bits per heavy atom. The van der Waals surface area contributed by atoms with Crippen molar-refractivity contribution in [3.8, 4) is 0 Å². The number of rotatable bonds is 6. The van der Waals surface area contributed by atoms with E-state index in [0.29, 0.717) is 19.4 Å². The zero-order valence-electron chi connectivity index (χ0n) is 26.9. The molecule has 10 nitrogen and oxygen atoms in total. The van der Waals surface area contributed by atoms with Crippen LogP contribution < -0.4 is 5.32 Å². The van der Waals surface area contributed by atoms with Crippen molar-refractivity contribution in [2.24, 2.45) is 17.8 Å². The van der Waals surface area contributed by atoms with E-state index in [2.05, 4.69) is 5.32 Å². The highest BCUT2D eigenvalue weighted by Crippen LogP contribution is 2.54. The summed E-state index contributed by atoms with van der Waals surface area (Å²) < 4.78 is 12.4. The van der Waals surface area contributed by atoms with Gasteiger partial charge in [-0.05, 0) is 37.2 Å². The average Bonchev–Trinajstić information content (AvgIpc) is 3.44. The van der Waals surface area contributed by atoms with Gasteiger partial charge >= 0.3 is 5.97 Å². The third-order valence-corrected chi connectivity index (χ3v) is 10.4. The number of aliphatic hydroxyl groups is 1. The van der Waals surface area contributed by atoms with Gasteiger partial charge in [-0.2, -0.15) is 0 Å². The highest BCUT2D eigenvalue weighted by molar-refractivity contribution is 6.00.